The van der Waals surface area contributed by atoms with Gasteiger partial charge in [-0.2, -0.15) is 0 Å². The summed E-state index contributed by atoms with van der Waals surface area (Å²) in [4.78, 5) is 25.8. The zero-order chi connectivity index (χ0) is 16.0. The first kappa shape index (κ1) is 17.7. The van der Waals surface area contributed by atoms with Gasteiger partial charge in [0.05, 0.1) is 0 Å². The monoisotopic (exact) mass is 310 g/mol. The first-order valence-corrected chi connectivity index (χ1v) is 7.33. The van der Waals surface area contributed by atoms with Gasteiger partial charge in [-0.3, -0.25) is 9.59 Å². The van der Waals surface area contributed by atoms with Gasteiger partial charge >= 0.3 is 0 Å². The average Bonchev–Trinajstić information content (AvgIpc) is 2.43. The molecule has 4 nitrogen and oxygen atoms in total. The molecule has 0 unspecified atom stereocenters. The highest BCUT2D eigenvalue weighted by Gasteiger charge is 2.21. The third-order valence-electron chi connectivity index (χ3n) is 3.67. The van der Waals surface area contributed by atoms with Crippen LogP contribution in [0.2, 0.25) is 5.02 Å². The normalized spacial score (nSPS) is 11.5. The van der Waals surface area contributed by atoms with E-state index in [0.717, 1.165) is 0 Å². The Balaban J connectivity index is 2.39. The Labute approximate surface area is 131 Å². The van der Waals surface area contributed by atoms with E-state index in [2.05, 4.69) is 5.32 Å². The molecule has 21 heavy (non-hydrogen) atoms. The molecule has 0 aliphatic rings. The molecule has 1 aromatic rings. The Morgan fingerprint density at radius 2 is 1.71 bits per heavy atom. The molecular formula is C16H23ClN2O2. The third-order valence-corrected chi connectivity index (χ3v) is 3.93. The summed E-state index contributed by atoms with van der Waals surface area (Å²) >= 11 is 5.77. The van der Waals surface area contributed by atoms with Crippen molar-refractivity contribution in [3.8, 4) is 0 Å². The molecule has 0 saturated heterocycles. The summed E-state index contributed by atoms with van der Waals surface area (Å²) in [6, 6.07) is 6.71. The van der Waals surface area contributed by atoms with Crippen LogP contribution in [0.3, 0.4) is 0 Å². The predicted octanol–water partition coefficient (Wildman–Crippen LogP) is 2.76. The predicted molar refractivity (Wildman–Crippen MR) is 85.8 cm³/mol. The molecule has 1 amide bonds. The van der Waals surface area contributed by atoms with Crippen molar-refractivity contribution in [2.45, 2.75) is 32.2 Å². The Bertz CT molecular complexity index is 496. The van der Waals surface area contributed by atoms with E-state index in [0.29, 0.717) is 17.1 Å². The van der Waals surface area contributed by atoms with Crippen molar-refractivity contribution in [2.24, 2.45) is 0 Å². The molecule has 0 radical (unpaired) electrons. The first-order chi connectivity index (χ1) is 9.72. The van der Waals surface area contributed by atoms with Gasteiger partial charge in [-0.15, -0.1) is 0 Å². The topological polar surface area (TPSA) is 49.4 Å². The zero-order valence-electron chi connectivity index (χ0n) is 13.1. The van der Waals surface area contributed by atoms with E-state index >= 15 is 0 Å². The van der Waals surface area contributed by atoms with E-state index in [1.807, 2.05) is 32.8 Å². The Hall–Kier alpha value is -1.39. The van der Waals surface area contributed by atoms with Crippen LogP contribution in [0.1, 0.15) is 37.0 Å². The molecule has 0 spiro atoms. The maximum atomic E-state index is 11.9. The second-order valence-electron chi connectivity index (χ2n) is 5.91. The average molecular weight is 311 g/mol. The van der Waals surface area contributed by atoms with Crippen LogP contribution in [-0.4, -0.2) is 42.8 Å². The molecule has 0 atom stereocenters. The fourth-order valence-electron chi connectivity index (χ4n) is 1.57. The molecule has 1 rings (SSSR count). The number of likely N-dealkylation sites (N-methyl/N-ethyl adjacent to an activating group) is 1. The number of benzene rings is 1. The molecule has 1 N–H and O–H groups in total. The first-order valence-electron chi connectivity index (χ1n) is 6.95. The maximum absolute atomic E-state index is 11.9. The number of Topliss-reactive ketones (excluding diaryl/α,β-unsaturated/α-hetero) is 1. The quantitative estimate of drug-likeness (QED) is 0.788. The fourth-order valence-corrected chi connectivity index (χ4v) is 1.69. The van der Waals surface area contributed by atoms with Gasteiger partial charge in [0.1, 0.15) is 0 Å². The number of hydrogen-bond acceptors (Lipinski definition) is 3. The van der Waals surface area contributed by atoms with Crippen molar-refractivity contribution in [1.82, 2.24) is 10.2 Å². The van der Waals surface area contributed by atoms with E-state index in [9.17, 15) is 9.59 Å². The van der Waals surface area contributed by atoms with E-state index in [1.165, 1.54) is 0 Å². The van der Waals surface area contributed by atoms with E-state index in [1.54, 1.807) is 24.3 Å². The maximum Gasteiger partial charge on any atom is 0.220 e. The van der Waals surface area contributed by atoms with Crippen molar-refractivity contribution >= 4 is 23.3 Å². The number of carbonyl (C=O) groups is 2. The van der Waals surface area contributed by atoms with Gasteiger partial charge in [-0.05, 0) is 52.2 Å². The summed E-state index contributed by atoms with van der Waals surface area (Å²) < 4.78 is 0. The number of amides is 1. The molecular weight excluding hydrogens is 288 g/mol. The van der Waals surface area contributed by atoms with Crippen LogP contribution in [-0.2, 0) is 4.79 Å². The van der Waals surface area contributed by atoms with Crippen LogP contribution in [0.5, 0.6) is 0 Å². The highest BCUT2D eigenvalue weighted by atomic mass is 35.5. The summed E-state index contributed by atoms with van der Waals surface area (Å²) in [7, 11) is 3.94. The third kappa shape index (κ3) is 5.86. The van der Waals surface area contributed by atoms with Gasteiger partial charge in [0.25, 0.3) is 0 Å². The van der Waals surface area contributed by atoms with Crippen molar-refractivity contribution in [2.75, 3.05) is 20.6 Å². The molecule has 0 aliphatic heterocycles. The summed E-state index contributed by atoms with van der Waals surface area (Å²) in [5.74, 6) is -0.152. The van der Waals surface area contributed by atoms with Gasteiger partial charge in [-0.1, -0.05) is 11.6 Å². The van der Waals surface area contributed by atoms with Crippen LogP contribution in [0.15, 0.2) is 24.3 Å². The number of nitrogens with zero attached hydrogens (tertiary/aromatic N) is 1. The molecule has 0 aromatic heterocycles. The van der Waals surface area contributed by atoms with Gasteiger partial charge < -0.3 is 10.2 Å². The van der Waals surface area contributed by atoms with Crippen molar-refractivity contribution in [3.05, 3.63) is 34.9 Å². The summed E-state index contributed by atoms with van der Waals surface area (Å²) in [5, 5.41) is 3.46. The van der Waals surface area contributed by atoms with E-state index < -0.39 is 0 Å². The molecule has 0 aliphatic carbocycles. The Morgan fingerprint density at radius 3 is 2.24 bits per heavy atom. The molecule has 5 heteroatoms. The number of carbonyl (C=O) groups excluding carboxylic acids is 2. The SMILES string of the molecule is CN(C)C(C)(C)CNC(=O)CCC(=O)c1ccc(Cl)cc1. The molecule has 0 heterocycles. The molecule has 116 valence electrons. The minimum Gasteiger partial charge on any atom is -0.354 e. The Morgan fingerprint density at radius 1 is 1.14 bits per heavy atom. The number of ketones is 1. The minimum atomic E-state index is -0.115. The van der Waals surface area contributed by atoms with Crippen LogP contribution in [0.4, 0.5) is 0 Å². The lowest BCUT2D eigenvalue weighted by Crippen LogP contribution is -2.48. The number of rotatable bonds is 7. The summed E-state index contributed by atoms with van der Waals surface area (Å²) in [5.41, 5.74) is 0.469. The van der Waals surface area contributed by atoms with Crippen LogP contribution >= 0.6 is 11.6 Å². The van der Waals surface area contributed by atoms with Gasteiger partial charge in [0, 0.05) is 35.5 Å². The molecule has 0 bridgehead atoms. The second-order valence-corrected chi connectivity index (χ2v) is 6.35. The smallest absolute Gasteiger partial charge is 0.220 e. The summed E-state index contributed by atoms with van der Waals surface area (Å²) in [6.07, 6.45) is 0.404. The number of halogens is 1. The molecule has 1 aromatic carbocycles. The second kappa shape index (κ2) is 7.57. The Kier molecular flexibility index (Phi) is 6.37. The minimum absolute atomic E-state index is 0.0475. The highest BCUT2D eigenvalue weighted by molar-refractivity contribution is 6.30. The zero-order valence-corrected chi connectivity index (χ0v) is 13.8. The van der Waals surface area contributed by atoms with Crippen LogP contribution < -0.4 is 5.32 Å². The fraction of sp³-hybridized carbons (Fsp3) is 0.500. The van der Waals surface area contributed by atoms with E-state index in [4.69, 9.17) is 11.6 Å². The van der Waals surface area contributed by atoms with Gasteiger partial charge in [0.15, 0.2) is 5.78 Å². The van der Waals surface area contributed by atoms with Crippen molar-refractivity contribution < 1.29 is 9.59 Å². The van der Waals surface area contributed by atoms with E-state index in [-0.39, 0.29) is 30.1 Å². The summed E-state index contributed by atoms with van der Waals surface area (Å²) in [6.45, 7) is 4.65. The van der Waals surface area contributed by atoms with Crippen molar-refractivity contribution in [1.29, 1.82) is 0 Å². The van der Waals surface area contributed by atoms with Crippen LogP contribution in [0.25, 0.3) is 0 Å². The standard InChI is InChI=1S/C16H23ClN2O2/c1-16(2,19(3)4)11-18-15(21)10-9-14(20)12-5-7-13(17)8-6-12/h5-8H,9-11H2,1-4H3,(H,18,21). The largest absolute Gasteiger partial charge is 0.354 e. The lowest BCUT2D eigenvalue weighted by Gasteiger charge is -2.32. The van der Waals surface area contributed by atoms with Crippen LogP contribution in [0, 0.1) is 0 Å². The highest BCUT2D eigenvalue weighted by Crippen LogP contribution is 2.12. The molecule has 0 fully saturated rings. The number of nitrogens with one attached hydrogen (secondary N) is 1. The van der Waals surface area contributed by atoms with Crippen molar-refractivity contribution in [3.63, 3.8) is 0 Å². The van der Waals surface area contributed by atoms with Gasteiger partial charge in [0.2, 0.25) is 5.91 Å². The lowest BCUT2D eigenvalue weighted by molar-refractivity contribution is -0.121. The number of hydrogen-bond donors (Lipinski definition) is 1. The molecule has 0 saturated carbocycles. The van der Waals surface area contributed by atoms with Gasteiger partial charge in [-0.25, -0.2) is 0 Å². The lowest BCUT2D eigenvalue weighted by atomic mass is 10.0.